The Kier molecular flexibility index (Phi) is 5.31. The Balaban J connectivity index is 1.64. The maximum Gasteiger partial charge on any atom is 0.234 e. The van der Waals surface area contributed by atoms with Gasteiger partial charge in [0, 0.05) is 37.1 Å². The van der Waals surface area contributed by atoms with E-state index < -0.39 is 6.10 Å². The molecule has 0 aromatic carbocycles. The highest BCUT2D eigenvalue weighted by atomic mass is 32.1. The fourth-order valence-electron chi connectivity index (χ4n) is 3.81. The van der Waals surface area contributed by atoms with Crippen LogP contribution in [0.3, 0.4) is 0 Å². The summed E-state index contributed by atoms with van der Waals surface area (Å²) < 4.78 is 0. The summed E-state index contributed by atoms with van der Waals surface area (Å²) >= 11 is 1.66. The number of piperazine rings is 1. The molecule has 0 radical (unpaired) electrons. The van der Waals surface area contributed by atoms with Crippen molar-refractivity contribution in [3.63, 3.8) is 0 Å². The zero-order chi connectivity index (χ0) is 16.4. The van der Waals surface area contributed by atoms with Crippen LogP contribution in [0.5, 0.6) is 0 Å². The SMILES string of the molecule is Cc1nc(CN(C)[C@@H]2CCC[C@@H](N3CCNC(=O)C3)[C@@H]2O)cs1. The van der Waals surface area contributed by atoms with E-state index in [4.69, 9.17) is 0 Å². The van der Waals surface area contributed by atoms with Gasteiger partial charge in [0.2, 0.25) is 5.91 Å². The molecule has 0 unspecified atom stereocenters. The third-order valence-electron chi connectivity index (χ3n) is 4.97. The number of carbonyl (C=O) groups is 1. The maximum absolute atomic E-state index is 11.6. The van der Waals surface area contributed by atoms with Gasteiger partial charge in [-0.2, -0.15) is 0 Å². The molecule has 1 amide bonds. The van der Waals surface area contributed by atoms with Crippen LogP contribution in [0.25, 0.3) is 0 Å². The molecule has 2 aliphatic rings. The minimum atomic E-state index is -0.417. The molecule has 7 heteroatoms. The van der Waals surface area contributed by atoms with Crippen molar-refractivity contribution in [1.29, 1.82) is 0 Å². The Hall–Kier alpha value is -1.02. The number of likely N-dealkylation sites (N-methyl/N-ethyl adjacent to an activating group) is 1. The molecule has 2 heterocycles. The van der Waals surface area contributed by atoms with Gasteiger partial charge >= 0.3 is 0 Å². The second kappa shape index (κ2) is 7.25. The first-order chi connectivity index (χ1) is 11.0. The Labute approximate surface area is 141 Å². The molecule has 6 nitrogen and oxygen atoms in total. The summed E-state index contributed by atoms with van der Waals surface area (Å²) in [6.07, 6.45) is 2.64. The van der Waals surface area contributed by atoms with E-state index >= 15 is 0 Å². The number of nitrogens with zero attached hydrogens (tertiary/aromatic N) is 3. The second-order valence-corrected chi connectivity index (χ2v) is 7.71. The molecular weight excluding hydrogens is 312 g/mol. The standard InChI is InChI=1S/C16H26N4O2S/c1-11-18-12(10-23-11)8-19(2)13-4-3-5-14(16(13)22)20-7-6-17-15(21)9-20/h10,13-14,16,22H,3-9H2,1-2H3,(H,17,21)/t13-,14-,16-/m1/s1. The van der Waals surface area contributed by atoms with Crippen LogP contribution in [0.1, 0.15) is 30.0 Å². The third-order valence-corrected chi connectivity index (χ3v) is 5.79. The monoisotopic (exact) mass is 338 g/mol. The summed E-state index contributed by atoms with van der Waals surface area (Å²) in [5.41, 5.74) is 1.07. The van der Waals surface area contributed by atoms with E-state index in [0.29, 0.717) is 13.1 Å². The van der Waals surface area contributed by atoms with Gasteiger partial charge < -0.3 is 10.4 Å². The molecule has 1 saturated heterocycles. The zero-order valence-electron chi connectivity index (χ0n) is 13.9. The van der Waals surface area contributed by atoms with Gasteiger partial charge in [-0.1, -0.05) is 6.42 Å². The highest BCUT2D eigenvalue weighted by molar-refractivity contribution is 7.09. The average molecular weight is 338 g/mol. The third kappa shape index (κ3) is 3.91. The van der Waals surface area contributed by atoms with Gasteiger partial charge in [0.05, 0.1) is 23.4 Å². The van der Waals surface area contributed by atoms with Crippen molar-refractivity contribution in [2.75, 3.05) is 26.7 Å². The fraction of sp³-hybridized carbons (Fsp3) is 0.750. The number of aliphatic hydroxyl groups excluding tert-OH is 1. The average Bonchev–Trinajstić information content (AvgIpc) is 2.92. The molecular formula is C16H26N4O2S. The normalized spacial score (nSPS) is 29.7. The van der Waals surface area contributed by atoms with Gasteiger partial charge in [-0.15, -0.1) is 11.3 Å². The molecule has 3 rings (SSSR count). The van der Waals surface area contributed by atoms with Crippen molar-refractivity contribution in [1.82, 2.24) is 20.1 Å². The van der Waals surface area contributed by atoms with E-state index in [-0.39, 0.29) is 18.0 Å². The summed E-state index contributed by atoms with van der Waals surface area (Å²) in [4.78, 5) is 20.5. The quantitative estimate of drug-likeness (QED) is 0.841. The summed E-state index contributed by atoms with van der Waals surface area (Å²) in [6.45, 7) is 4.69. The fourth-order valence-corrected chi connectivity index (χ4v) is 4.41. The van der Waals surface area contributed by atoms with Gasteiger partial charge in [0.15, 0.2) is 0 Å². The predicted molar refractivity (Wildman–Crippen MR) is 90.3 cm³/mol. The molecule has 23 heavy (non-hydrogen) atoms. The number of hydrogen-bond donors (Lipinski definition) is 2. The molecule has 0 spiro atoms. The number of thiazole rings is 1. The highest BCUT2D eigenvalue weighted by Gasteiger charge is 2.38. The van der Waals surface area contributed by atoms with Crippen molar-refractivity contribution in [2.45, 2.75) is 50.9 Å². The summed E-state index contributed by atoms with van der Waals surface area (Å²) in [6, 6.07) is 0.208. The van der Waals surface area contributed by atoms with Gasteiger partial charge in [0.25, 0.3) is 0 Å². The van der Waals surface area contributed by atoms with Crippen molar-refractivity contribution in [3.05, 3.63) is 16.1 Å². The number of nitrogens with one attached hydrogen (secondary N) is 1. The molecule has 1 aromatic rings. The predicted octanol–water partition coefficient (Wildman–Crippen LogP) is 0.597. The number of aryl methyl sites for hydroxylation is 1. The molecule has 2 fully saturated rings. The molecule has 2 N–H and O–H groups in total. The zero-order valence-corrected chi connectivity index (χ0v) is 14.7. The van der Waals surface area contributed by atoms with Crippen LogP contribution in [0, 0.1) is 6.92 Å². The first kappa shape index (κ1) is 16.8. The molecule has 128 valence electrons. The van der Waals surface area contributed by atoms with Crippen molar-refractivity contribution >= 4 is 17.2 Å². The number of hydrogen-bond acceptors (Lipinski definition) is 6. The van der Waals surface area contributed by atoms with E-state index in [2.05, 4.69) is 32.5 Å². The lowest BCUT2D eigenvalue weighted by Gasteiger charge is -2.45. The van der Waals surface area contributed by atoms with E-state index in [1.54, 1.807) is 11.3 Å². The minimum absolute atomic E-state index is 0.0666. The Morgan fingerprint density at radius 1 is 1.52 bits per heavy atom. The first-order valence-corrected chi connectivity index (χ1v) is 9.22. The molecule has 1 aliphatic carbocycles. The van der Waals surface area contributed by atoms with Crippen molar-refractivity contribution in [3.8, 4) is 0 Å². The van der Waals surface area contributed by atoms with E-state index in [9.17, 15) is 9.90 Å². The topological polar surface area (TPSA) is 68.7 Å². The lowest BCUT2D eigenvalue weighted by molar-refractivity contribution is -0.127. The Morgan fingerprint density at radius 3 is 3.04 bits per heavy atom. The van der Waals surface area contributed by atoms with Crippen LogP contribution < -0.4 is 5.32 Å². The highest BCUT2D eigenvalue weighted by Crippen LogP contribution is 2.28. The molecule has 3 atom stereocenters. The second-order valence-electron chi connectivity index (χ2n) is 6.65. The van der Waals surface area contributed by atoms with Crippen LogP contribution in [-0.2, 0) is 11.3 Å². The van der Waals surface area contributed by atoms with Gasteiger partial charge in [0.1, 0.15) is 0 Å². The molecule has 0 bridgehead atoms. The van der Waals surface area contributed by atoms with Crippen LogP contribution in [-0.4, -0.2) is 70.7 Å². The number of aromatic nitrogens is 1. The summed E-state index contributed by atoms with van der Waals surface area (Å²) in [5.74, 6) is 0.0666. The largest absolute Gasteiger partial charge is 0.390 e. The number of amides is 1. The van der Waals surface area contributed by atoms with E-state index in [1.807, 2.05) is 6.92 Å². The van der Waals surface area contributed by atoms with E-state index in [0.717, 1.165) is 43.1 Å². The Bertz CT molecular complexity index is 550. The maximum atomic E-state index is 11.6. The first-order valence-electron chi connectivity index (χ1n) is 8.34. The number of rotatable bonds is 4. The van der Waals surface area contributed by atoms with E-state index in [1.165, 1.54) is 0 Å². The number of carbonyl (C=O) groups excluding carboxylic acids is 1. The van der Waals surface area contributed by atoms with Gasteiger partial charge in [-0.25, -0.2) is 4.98 Å². The van der Waals surface area contributed by atoms with Gasteiger partial charge in [-0.3, -0.25) is 14.6 Å². The van der Waals surface area contributed by atoms with Crippen LogP contribution in [0.2, 0.25) is 0 Å². The van der Waals surface area contributed by atoms with Crippen LogP contribution in [0.4, 0.5) is 0 Å². The summed E-state index contributed by atoms with van der Waals surface area (Å²) in [7, 11) is 2.06. The number of aliphatic hydroxyl groups is 1. The smallest absolute Gasteiger partial charge is 0.234 e. The van der Waals surface area contributed by atoms with Crippen molar-refractivity contribution < 1.29 is 9.90 Å². The lowest BCUT2D eigenvalue weighted by Crippen LogP contribution is -2.60. The van der Waals surface area contributed by atoms with Crippen molar-refractivity contribution in [2.24, 2.45) is 0 Å². The lowest BCUT2D eigenvalue weighted by atomic mass is 9.86. The summed E-state index contributed by atoms with van der Waals surface area (Å²) in [5, 5.41) is 16.9. The minimum Gasteiger partial charge on any atom is -0.390 e. The molecule has 1 saturated carbocycles. The molecule has 1 aliphatic heterocycles. The van der Waals surface area contributed by atoms with Crippen LogP contribution in [0.15, 0.2) is 5.38 Å². The van der Waals surface area contributed by atoms with Gasteiger partial charge in [-0.05, 0) is 26.8 Å². The Morgan fingerprint density at radius 2 is 2.35 bits per heavy atom. The van der Waals surface area contributed by atoms with Crippen LogP contribution >= 0.6 is 11.3 Å². The molecule has 1 aromatic heterocycles.